The van der Waals surface area contributed by atoms with E-state index in [1.54, 1.807) is 18.3 Å². The maximum absolute atomic E-state index is 12.2. The zero-order chi connectivity index (χ0) is 26.6. The lowest BCUT2D eigenvalue weighted by Gasteiger charge is -2.11. The van der Waals surface area contributed by atoms with Crippen LogP contribution >= 0.6 is 0 Å². The quantitative estimate of drug-likeness (QED) is 0.318. The number of aromatic nitrogens is 2. The van der Waals surface area contributed by atoms with Gasteiger partial charge in [0.1, 0.15) is 0 Å². The highest BCUT2D eigenvalue weighted by Gasteiger charge is 2.38. The molecule has 4 heterocycles. The molecule has 37 heavy (non-hydrogen) atoms. The number of nitrogens with zero attached hydrogens (tertiary/aromatic N) is 1. The number of rotatable bonds is 4. The van der Waals surface area contributed by atoms with Gasteiger partial charge >= 0.3 is 12.1 Å². The molecule has 190 valence electrons. The largest absolute Gasteiger partial charge is 0.490 e. The summed E-state index contributed by atoms with van der Waals surface area (Å²) >= 11 is 0. The van der Waals surface area contributed by atoms with Crippen molar-refractivity contribution in [3.8, 4) is 22.5 Å². The van der Waals surface area contributed by atoms with Gasteiger partial charge in [-0.15, -0.1) is 0 Å². The number of carboxylic acid groups (broad SMARTS) is 1. The van der Waals surface area contributed by atoms with Crippen LogP contribution in [0.5, 0.6) is 0 Å². The molecule has 4 aromatic rings. The molecule has 2 amide bonds. The number of hydrogen-bond donors (Lipinski definition) is 4. The third-order valence-corrected chi connectivity index (χ3v) is 5.28. The van der Waals surface area contributed by atoms with Crippen molar-refractivity contribution in [1.29, 1.82) is 0 Å². The molecule has 0 spiro atoms. The van der Waals surface area contributed by atoms with Crippen molar-refractivity contribution in [1.82, 2.24) is 15.3 Å². The molecule has 9 nitrogen and oxygen atoms in total. The van der Waals surface area contributed by atoms with E-state index in [4.69, 9.17) is 14.3 Å². The standard InChI is InChI=1S/C23H18N4O3.C2HF3O2/c28-22-17-13-20(27-18(17)7-9-25-22)15-6-8-24-19(12-15)14-3-1-4-16(11-14)26-23(29)21-5-2-10-30-21;3-2(4,5)1(6)7/h1-6,8,10-13,27H,7,9H2,(H,25,28)(H,26,29);(H,6,7). The van der Waals surface area contributed by atoms with E-state index in [0.717, 1.165) is 34.6 Å². The fraction of sp³-hybridized carbons (Fsp3) is 0.120. The molecule has 0 unspecified atom stereocenters. The van der Waals surface area contributed by atoms with Gasteiger partial charge in [0.05, 0.1) is 17.5 Å². The molecule has 0 fully saturated rings. The van der Waals surface area contributed by atoms with Crippen LogP contribution in [-0.4, -0.2) is 45.6 Å². The molecule has 3 aromatic heterocycles. The molecule has 0 aliphatic carbocycles. The molecular weight excluding hydrogens is 493 g/mol. The van der Waals surface area contributed by atoms with Crippen LogP contribution in [0.4, 0.5) is 18.9 Å². The predicted molar refractivity (Wildman–Crippen MR) is 126 cm³/mol. The monoisotopic (exact) mass is 512 g/mol. The summed E-state index contributed by atoms with van der Waals surface area (Å²) in [5.74, 6) is -2.87. The molecule has 5 rings (SSSR count). The Morgan fingerprint density at radius 3 is 2.51 bits per heavy atom. The molecule has 0 radical (unpaired) electrons. The third-order valence-electron chi connectivity index (χ3n) is 5.28. The predicted octanol–water partition coefficient (Wildman–Crippen LogP) is 4.51. The molecule has 1 aliphatic heterocycles. The molecule has 0 saturated heterocycles. The van der Waals surface area contributed by atoms with Gasteiger partial charge < -0.3 is 25.1 Å². The highest BCUT2D eigenvalue weighted by atomic mass is 19.4. The molecule has 0 atom stereocenters. The summed E-state index contributed by atoms with van der Waals surface area (Å²) in [5, 5.41) is 12.8. The average Bonchev–Trinajstić information content (AvgIpc) is 3.55. The van der Waals surface area contributed by atoms with Crippen molar-refractivity contribution < 1.29 is 37.1 Å². The van der Waals surface area contributed by atoms with Crippen molar-refractivity contribution in [3.05, 3.63) is 84.1 Å². The normalized spacial score (nSPS) is 12.6. The van der Waals surface area contributed by atoms with Crippen molar-refractivity contribution in [2.45, 2.75) is 12.6 Å². The first-order chi connectivity index (χ1) is 17.6. The number of nitrogens with one attached hydrogen (secondary N) is 3. The minimum atomic E-state index is -5.08. The van der Waals surface area contributed by atoms with Crippen molar-refractivity contribution in [3.63, 3.8) is 0 Å². The van der Waals surface area contributed by atoms with Crippen molar-refractivity contribution >= 4 is 23.5 Å². The number of furan rings is 1. The Bertz CT molecular complexity index is 1440. The first-order valence-corrected chi connectivity index (χ1v) is 10.8. The van der Waals surface area contributed by atoms with Gasteiger partial charge in [0.2, 0.25) is 0 Å². The molecular formula is C25H19F3N4O5. The first-order valence-electron chi connectivity index (χ1n) is 10.8. The SMILES string of the molecule is O=C(Nc1cccc(-c2cc(-c3cc4c([nH]3)CCNC4=O)ccn2)c1)c1ccco1.O=C(O)C(F)(F)F. The fourth-order valence-electron chi connectivity index (χ4n) is 3.56. The minimum absolute atomic E-state index is 0.0481. The molecule has 0 bridgehead atoms. The average molecular weight is 512 g/mol. The second kappa shape index (κ2) is 10.4. The van der Waals surface area contributed by atoms with Crippen LogP contribution in [0.2, 0.25) is 0 Å². The summed E-state index contributed by atoms with van der Waals surface area (Å²) in [4.78, 5) is 41.0. The lowest BCUT2D eigenvalue weighted by molar-refractivity contribution is -0.192. The number of H-pyrrole nitrogens is 1. The summed E-state index contributed by atoms with van der Waals surface area (Å²) in [7, 11) is 0. The highest BCUT2D eigenvalue weighted by Crippen LogP contribution is 2.28. The zero-order valence-corrected chi connectivity index (χ0v) is 18.9. The Morgan fingerprint density at radius 1 is 1.05 bits per heavy atom. The Kier molecular flexibility index (Phi) is 7.09. The highest BCUT2D eigenvalue weighted by molar-refractivity contribution is 6.02. The third kappa shape index (κ3) is 6.04. The number of carboxylic acids is 1. The maximum Gasteiger partial charge on any atom is 0.490 e. The Balaban J connectivity index is 0.000000405. The van der Waals surface area contributed by atoms with E-state index in [0.29, 0.717) is 17.8 Å². The van der Waals surface area contributed by atoms with E-state index >= 15 is 0 Å². The number of carbonyl (C=O) groups is 3. The van der Waals surface area contributed by atoms with E-state index in [2.05, 4.69) is 20.6 Å². The van der Waals surface area contributed by atoms with Gasteiger partial charge in [-0.3, -0.25) is 14.6 Å². The molecule has 12 heteroatoms. The van der Waals surface area contributed by atoms with Crippen LogP contribution in [0, 0.1) is 0 Å². The number of carbonyl (C=O) groups excluding carboxylic acids is 2. The van der Waals surface area contributed by atoms with Crippen molar-refractivity contribution in [2.24, 2.45) is 0 Å². The minimum Gasteiger partial charge on any atom is -0.475 e. The molecule has 1 aliphatic rings. The van der Waals surface area contributed by atoms with Gasteiger partial charge in [-0.2, -0.15) is 13.2 Å². The van der Waals surface area contributed by atoms with E-state index in [9.17, 15) is 22.8 Å². The lowest BCUT2D eigenvalue weighted by atomic mass is 10.1. The number of amides is 2. The van der Waals surface area contributed by atoms with Crippen LogP contribution in [0.1, 0.15) is 26.6 Å². The summed E-state index contributed by atoms with van der Waals surface area (Å²) in [6, 6.07) is 16.5. The van der Waals surface area contributed by atoms with Crippen molar-refractivity contribution in [2.75, 3.05) is 11.9 Å². The van der Waals surface area contributed by atoms with Crippen LogP contribution < -0.4 is 10.6 Å². The van der Waals surface area contributed by atoms with Gasteiger partial charge in [-0.05, 0) is 42.5 Å². The number of anilines is 1. The van der Waals surface area contributed by atoms with Gasteiger partial charge in [0, 0.05) is 47.4 Å². The van der Waals surface area contributed by atoms with Gasteiger partial charge in [-0.25, -0.2) is 4.79 Å². The number of benzene rings is 1. The number of alkyl halides is 3. The number of aromatic amines is 1. The topological polar surface area (TPSA) is 137 Å². The summed E-state index contributed by atoms with van der Waals surface area (Å²) in [5.41, 5.74) is 5.73. The summed E-state index contributed by atoms with van der Waals surface area (Å²) in [6.45, 7) is 0.643. The van der Waals surface area contributed by atoms with Crippen LogP contribution in [-0.2, 0) is 11.2 Å². The summed E-state index contributed by atoms with van der Waals surface area (Å²) < 4.78 is 36.9. The number of halogens is 3. The Hall–Kier alpha value is -4.87. The smallest absolute Gasteiger partial charge is 0.475 e. The van der Waals surface area contributed by atoms with Gasteiger partial charge in [-0.1, -0.05) is 12.1 Å². The molecule has 4 N–H and O–H groups in total. The second-order valence-corrected chi connectivity index (χ2v) is 7.83. The van der Waals surface area contributed by atoms with Crippen LogP contribution in [0.3, 0.4) is 0 Å². The molecule has 0 saturated carbocycles. The van der Waals surface area contributed by atoms with E-state index in [1.807, 2.05) is 42.5 Å². The van der Waals surface area contributed by atoms with E-state index in [1.165, 1.54) is 6.26 Å². The van der Waals surface area contributed by atoms with E-state index in [-0.39, 0.29) is 17.6 Å². The fourth-order valence-corrected chi connectivity index (χ4v) is 3.56. The Morgan fingerprint density at radius 2 is 1.84 bits per heavy atom. The number of hydrogen-bond acceptors (Lipinski definition) is 5. The van der Waals surface area contributed by atoms with E-state index < -0.39 is 12.1 Å². The maximum atomic E-state index is 12.2. The van der Waals surface area contributed by atoms with Crippen LogP contribution in [0.25, 0.3) is 22.5 Å². The first kappa shape index (κ1) is 25.2. The number of fused-ring (bicyclic) bond motifs is 1. The number of pyridine rings is 1. The summed E-state index contributed by atoms with van der Waals surface area (Å²) in [6.07, 6.45) is -1.10. The van der Waals surface area contributed by atoms with Gasteiger partial charge in [0.25, 0.3) is 11.8 Å². The zero-order valence-electron chi connectivity index (χ0n) is 18.9. The number of aliphatic carboxylic acids is 1. The Labute approximate surface area is 207 Å². The van der Waals surface area contributed by atoms with Gasteiger partial charge in [0.15, 0.2) is 5.76 Å². The molecule has 1 aromatic carbocycles. The second-order valence-electron chi connectivity index (χ2n) is 7.83. The van der Waals surface area contributed by atoms with Crippen LogP contribution in [0.15, 0.2) is 71.5 Å². The lowest BCUT2D eigenvalue weighted by Crippen LogP contribution is -2.31.